The van der Waals surface area contributed by atoms with E-state index in [1.165, 1.54) is 24.3 Å². The first-order chi connectivity index (χ1) is 16.0. The molecule has 0 atom stereocenters. The molecule has 0 aliphatic carbocycles. The average Bonchev–Trinajstić information content (AvgIpc) is 3.25. The minimum Gasteiger partial charge on any atom is -0.352 e. The van der Waals surface area contributed by atoms with Gasteiger partial charge in [0.15, 0.2) is 16.6 Å². The summed E-state index contributed by atoms with van der Waals surface area (Å²) in [6, 6.07) is 14.3. The quantitative estimate of drug-likeness (QED) is 0.435. The van der Waals surface area contributed by atoms with Gasteiger partial charge in [-0.3, -0.25) is 0 Å². The van der Waals surface area contributed by atoms with Crippen LogP contribution >= 0.6 is 23.8 Å². The van der Waals surface area contributed by atoms with Crippen molar-refractivity contribution in [2.24, 2.45) is 0 Å². The summed E-state index contributed by atoms with van der Waals surface area (Å²) in [5.41, 5.74) is 1.98. The van der Waals surface area contributed by atoms with E-state index in [0.717, 1.165) is 11.4 Å². The van der Waals surface area contributed by atoms with E-state index in [4.69, 9.17) is 28.9 Å². The Hall–Kier alpha value is -3.37. The zero-order valence-corrected chi connectivity index (χ0v) is 18.8. The van der Waals surface area contributed by atoms with E-state index < -0.39 is 5.82 Å². The van der Waals surface area contributed by atoms with E-state index in [9.17, 15) is 8.78 Å². The van der Waals surface area contributed by atoms with Crippen LogP contribution in [0.3, 0.4) is 0 Å². The molecule has 0 radical (unpaired) electrons. The minimum atomic E-state index is -0.470. The maximum absolute atomic E-state index is 13.4. The Kier molecular flexibility index (Phi) is 5.77. The van der Waals surface area contributed by atoms with Gasteiger partial charge in [-0.1, -0.05) is 11.6 Å². The van der Waals surface area contributed by atoms with E-state index in [1.54, 1.807) is 22.7 Å². The molecule has 0 spiro atoms. The van der Waals surface area contributed by atoms with Crippen molar-refractivity contribution in [2.45, 2.75) is 0 Å². The van der Waals surface area contributed by atoms with E-state index in [2.05, 4.69) is 20.4 Å². The van der Waals surface area contributed by atoms with Crippen LogP contribution in [0.25, 0.3) is 17.0 Å². The number of nitrogens with zero attached hydrogens (tertiary/aromatic N) is 6. The molecule has 5 rings (SSSR count). The van der Waals surface area contributed by atoms with Crippen molar-refractivity contribution in [1.82, 2.24) is 24.7 Å². The second-order valence-corrected chi connectivity index (χ2v) is 8.32. The number of piperazine rings is 1. The van der Waals surface area contributed by atoms with Gasteiger partial charge in [0, 0.05) is 37.4 Å². The molecule has 2 aromatic heterocycles. The van der Waals surface area contributed by atoms with Crippen LogP contribution < -0.4 is 10.2 Å². The fourth-order valence-electron chi connectivity index (χ4n) is 3.64. The molecule has 2 aromatic carbocycles. The highest BCUT2D eigenvalue weighted by molar-refractivity contribution is 7.80. The third-order valence-corrected chi connectivity index (χ3v) is 6.06. The molecule has 1 saturated heterocycles. The first kappa shape index (κ1) is 21.5. The lowest BCUT2D eigenvalue weighted by Crippen LogP contribution is -2.50. The molecule has 1 aliphatic heterocycles. The maximum Gasteiger partial charge on any atom is 0.185 e. The lowest BCUT2D eigenvalue weighted by Gasteiger charge is -2.36. The molecule has 1 aliphatic rings. The normalized spacial score (nSPS) is 14.0. The molecule has 33 heavy (non-hydrogen) atoms. The molecule has 168 valence electrons. The number of hydrogen-bond acceptors (Lipinski definition) is 5. The van der Waals surface area contributed by atoms with Gasteiger partial charge in [-0.15, -0.1) is 15.3 Å². The van der Waals surface area contributed by atoms with Crippen LogP contribution in [0.2, 0.25) is 5.02 Å². The predicted octanol–water partition coefficient (Wildman–Crippen LogP) is 4.24. The van der Waals surface area contributed by atoms with Crippen LogP contribution in [0.5, 0.6) is 0 Å². The zero-order chi connectivity index (χ0) is 22.9. The molecule has 3 heterocycles. The number of aromatic nitrogens is 4. The van der Waals surface area contributed by atoms with Gasteiger partial charge < -0.3 is 15.1 Å². The summed E-state index contributed by atoms with van der Waals surface area (Å²) in [5.74, 6) is 0.555. The molecule has 1 fully saturated rings. The first-order valence-corrected chi connectivity index (χ1v) is 11.0. The van der Waals surface area contributed by atoms with Gasteiger partial charge in [-0.25, -0.2) is 8.78 Å². The van der Waals surface area contributed by atoms with Gasteiger partial charge in [0.25, 0.3) is 0 Å². The number of anilines is 2. The second-order valence-electron chi connectivity index (χ2n) is 7.53. The van der Waals surface area contributed by atoms with E-state index in [0.29, 0.717) is 48.5 Å². The Bertz CT molecular complexity index is 1320. The number of hydrogen-bond donors (Lipinski definition) is 1. The van der Waals surface area contributed by atoms with Crippen LogP contribution in [-0.2, 0) is 0 Å². The summed E-state index contributed by atoms with van der Waals surface area (Å²) in [6.07, 6.45) is 0. The third kappa shape index (κ3) is 4.44. The van der Waals surface area contributed by atoms with E-state index >= 15 is 0 Å². The molecule has 11 heteroatoms. The van der Waals surface area contributed by atoms with Crippen molar-refractivity contribution in [3.8, 4) is 11.4 Å². The Morgan fingerprint density at radius 2 is 1.70 bits per heavy atom. The number of fused-ring (bicyclic) bond motifs is 1. The zero-order valence-electron chi connectivity index (χ0n) is 17.3. The number of halogens is 3. The Morgan fingerprint density at radius 1 is 0.939 bits per heavy atom. The highest BCUT2D eigenvalue weighted by Crippen LogP contribution is 2.22. The molecule has 1 N–H and O–H groups in total. The molecular formula is C22H18ClF2N7S. The van der Waals surface area contributed by atoms with Crippen molar-refractivity contribution < 1.29 is 8.78 Å². The third-order valence-electron chi connectivity index (χ3n) is 5.41. The summed E-state index contributed by atoms with van der Waals surface area (Å²) >= 11 is 11.4. The lowest BCUT2D eigenvalue weighted by molar-refractivity contribution is 0.389. The fraction of sp³-hybridized carbons (Fsp3) is 0.182. The molecule has 0 saturated carbocycles. The van der Waals surface area contributed by atoms with Gasteiger partial charge in [-0.2, -0.15) is 4.52 Å². The van der Waals surface area contributed by atoms with Crippen LogP contribution in [-0.4, -0.2) is 56.0 Å². The van der Waals surface area contributed by atoms with Crippen LogP contribution in [0.4, 0.5) is 20.3 Å². The Balaban J connectivity index is 1.28. The number of benzene rings is 2. The first-order valence-electron chi connectivity index (χ1n) is 10.2. The monoisotopic (exact) mass is 485 g/mol. The minimum absolute atomic E-state index is 0.0445. The van der Waals surface area contributed by atoms with E-state index in [1.807, 2.05) is 17.0 Å². The molecule has 0 amide bonds. The Labute approximate surface area is 198 Å². The van der Waals surface area contributed by atoms with Gasteiger partial charge >= 0.3 is 0 Å². The van der Waals surface area contributed by atoms with Gasteiger partial charge in [0.05, 0.1) is 5.02 Å². The second kappa shape index (κ2) is 8.87. The van der Waals surface area contributed by atoms with Crippen molar-refractivity contribution in [3.05, 3.63) is 71.3 Å². The van der Waals surface area contributed by atoms with Crippen LogP contribution in [0.1, 0.15) is 0 Å². The summed E-state index contributed by atoms with van der Waals surface area (Å²) in [6.45, 7) is 2.79. The molecule has 7 nitrogen and oxygen atoms in total. The van der Waals surface area contributed by atoms with Gasteiger partial charge in [0.1, 0.15) is 17.5 Å². The summed E-state index contributed by atoms with van der Waals surface area (Å²) in [4.78, 5) is 4.20. The van der Waals surface area contributed by atoms with Crippen molar-refractivity contribution in [2.75, 3.05) is 36.4 Å². The Morgan fingerprint density at radius 3 is 2.42 bits per heavy atom. The van der Waals surface area contributed by atoms with Crippen LogP contribution in [0, 0.1) is 11.6 Å². The lowest BCUT2D eigenvalue weighted by atomic mass is 10.2. The largest absolute Gasteiger partial charge is 0.352 e. The SMILES string of the molecule is Fc1ccc(-c2nnc3ccc(N4CCN(C(=S)Nc5ccc(F)c(Cl)c5)CC4)nn23)cc1. The number of thiocarbonyl (C=S) groups is 1. The van der Waals surface area contributed by atoms with Crippen molar-refractivity contribution in [3.63, 3.8) is 0 Å². The van der Waals surface area contributed by atoms with Crippen molar-refractivity contribution in [1.29, 1.82) is 0 Å². The molecule has 0 bridgehead atoms. The van der Waals surface area contributed by atoms with Gasteiger partial charge in [-0.05, 0) is 66.8 Å². The molecule has 4 aromatic rings. The highest BCUT2D eigenvalue weighted by Gasteiger charge is 2.21. The van der Waals surface area contributed by atoms with E-state index in [-0.39, 0.29) is 10.8 Å². The standard InChI is InChI=1S/C22H18ClF2N7S/c23-17-13-16(5-6-18(17)25)26-22(33)31-11-9-30(10-12-31)20-8-7-19-27-28-21(32(19)29-20)14-1-3-15(24)4-2-14/h1-8,13H,9-12H2,(H,26,33). The average molecular weight is 486 g/mol. The fourth-order valence-corrected chi connectivity index (χ4v) is 4.12. The van der Waals surface area contributed by atoms with Crippen LogP contribution in [0.15, 0.2) is 54.6 Å². The topological polar surface area (TPSA) is 61.6 Å². The predicted molar refractivity (Wildman–Crippen MR) is 128 cm³/mol. The van der Waals surface area contributed by atoms with Gasteiger partial charge in [0.2, 0.25) is 0 Å². The number of nitrogens with one attached hydrogen (secondary N) is 1. The molecular weight excluding hydrogens is 468 g/mol. The highest BCUT2D eigenvalue weighted by atomic mass is 35.5. The number of rotatable bonds is 3. The summed E-state index contributed by atoms with van der Waals surface area (Å²) in [7, 11) is 0. The maximum atomic E-state index is 13.4. The van der Waals surface area contributed by atoms with Crippen molar-refractivity contribution >= 4 is 46.1 Å². The summed E-state index contributed by atoms with van der Waals surface area (Å²) < 4.78 is 28.3. The smallest absolute Gasteiger partial charge is 0.185 e. The molecule has 0 unspecified atom stereocenters. The summed E-state index contributed by atoms with van der Waals surface area (Å²) in [5, 5.41) is 16.8.